The van der Waals surface area contributed by atoms with Crippen molar-refractivity contribution >= 4 is 11.9 Å². The number of nitrogens with two attached hydrogens (primary N) is 2. The Balaban J connectivity index is 1.62. The summed E-state index contributed by atoms with van der Waals surface area (Å²) in [6.07, 6.45) is 0.652. The average Bonchev–Trinajstić information content (AvgIpc) is 3.52. The molecule has 2 aromatic carbocycles. The van der Waals surface area contributed by atoms with E-state index in [9.17, 15) is 14.7 Å². The largest absolute Gasteiger partial charge is 0.502 e. The van der Waals surface area contributed by atoms with E-state index in [0.717, 1.165) is 11.1 Å². The topological polar surface area (TPSA) is 165 Å². The number of rotatable bonds is 8. The summed E-state index contributed by atoms with van der Waals surface area (Å²) in [6, 6.07) is 6.30. The molecule has 0 radical (unpaired) electrons. The van der Waals surface area contributed by atoms with Crippen LogP contribution in [0, 0.1) is 11.8 Å². The Bertz CT molecular complexity index is 1190. The van der Waals surface area contributed by atoms with Gasteiger partial charge in [-0.15, -0.1) is 0 Å². The number of methoxy groups -OCH3 is 2. The average molecular weight is 514 g/mol. The van der Waals surface area contributed by atoms with E-state index in [4.69, 9.17) is 35.2 Å². The Labute approximate surface area is 213 Å². The van der Waals surface area contributed by atoms with Crippen LogP contribution in [-0.4, -0.2) is 57.2 Å². The first-order valence-electron chi connectivity index (χ1n) is 12.2. The highest BCUT2D eigenvalue weighted by molar-refractivity contribution is 5.81. The Morgan fingerprint density at radius 3 is 2.38 bits per heavy atom. The summed E-state index contributed by atoms with van der Waals surface area (Å²) in [4.78, 5) is 26.1. The van der Waals surface area contributed by atoms with E-state index in [1.165, 1.54) is 14.2 Å². The molecular weight excluding hydrogens is 482 g/mol. The molecule has 1 saturated heterocycles. The fraction of sp³-hybridized carbons (Fsp3) is 0.462. The minimum Gasteiger partial charge on any atom is -0.502 e. The maximum atomic E-state index is 13.2. The van der Waals surface area contributed by atoms with Crippen LogP contribution in [0.1, 0.15) is 41.5 Å². The molecule has 5 atom stereocenters. The summed E-state index contributed by atoms with van der Waals surface area (Å²) in [5.74, 6) is -0.592. The van der Waals surface area contributed by atoms with Gasteiger partial charge in [0.1, 0.15) is 0 Å². The third kappa shape index (κ3) is 4.38. The lowest BCUT2D eigenvalue weighted by Crippen LogP contribution is -2.43. The minimum absolute atomic E-state index is 0.0760. The van der Waals surface area contributed by atoms with E-state index < -0.39 is 17.9 Å². The number of hydrogen-bond donors (Lipinski definition) is 4. The number of esters is 1. The summed E-state index contributed by atoms with van der Waals surface area (Å²) in [5, 5.41) is 13.6. The fourth-order valence-electron chi connectivity index (χ4n) is 5.52. The molecule has 11 heteroatoms. The molecule has 11 nitrogen and oxygen atoms in total. The van der Waals surface area contributed by atoms with Crippen molar-refractivity contribution in [3.63, 3.8) is 0 Å². The van der Waals surface area contributed by atoms with Gasteiger partial charge in [-0.05, 0) is 47.4 Å². The van der Waals surface area contributed by atoms with E-state index >= 15 is 0 Å². The van der Waals surface area contributed by atoms with Crippen molar-refractivity contribution in [2.75, 3.05) is 34.2 Å². The lowest BCUT2D eigenvalue weighted by Gasteiger charge is -2.39. The molecule has 198 valence electrons. The fourth-order valence-corrected chi connectivity index (χ4v) is 5.52. The highest BCUT2D eigenvalue weighted by Gasteiger charge is 2.53. The number of fused-ring (bicyclic) bond motifs is 3. The van der Waals surface area contributed by atoms with Crippen molar-refractivity contribution in [3.05, 3.63) is 41.0 Å². The van der Waals surface area contributed by atoms with Gasteiger partial charge in [-0.25, -0.2) is 0 Å². The van der Waals surface area contributed by atoms with Crippen molar-refractivity contribution < 1.29 is 38.4 Å². The molecule has 0 saturated carbocycles. The molecule has 2 heterocycles. The van der Waals surface area contributed by atoms with Gasteiger partial charge < -0.3 is 45.6 Å². The monoisotopic (exact) mass is 513 g/mol. The van der Waals surface area contributed by atoms with Gasteiger partial charge in [0.25, 0.3) is 0 Å². The van der Waals surface area contributed by atoms with Gasteiger partial charge in [0.05, 0.1) is 32.8 Å². The van der Waals surface area contributed by atoms with E-state index in [0.29, 0.717) is 23.5 Å². The predicted octanol–water partition coefficient (Wildman–Crippen LogP) is 1.30. The number of carbonyl (C=O) groups is 2. The maximum Gasteiger partial charge on any atom is 0.310 e. The minimum atomic E-state index is -0.608. The lowest BCUT2D eigenvalue weighted by molar-refractivity contribution is -0.141. The smallest absolute Gasteiger partial charge is 0.310 e. The van der Waals surface area contributed by atoms with Gasteiger partial charge >= 0.3 is 5.97 Å². The van der Waals surface area contributed by atoms with Crippen molar-refractivity contribution in [1.82, 2.24) is 5.32 Å². The molecule has 6 N–H and O–H groups in total. The summed E-state index contributed by atoms with van der Waals surface area (Å²) in [6.45, 7) is 0.511. The van der Waals surface area contributed by atoms with Crippen LogP contribution in [0.3, 0.4) is 0 Å². The number of hydrogen-bond acceptors (Lipinski definition) is 10. The predicted molar refractivity (Wildman–Crippen MR) is 131 cm³/mol. The van der Waals surface area contributed by atoms with Crippen LogP contribution in [-0.2, 0) is 14.3 Å². The van der Waals surface area contributed by atoms with E-state index in [1.54, 1.807) is 12.1 Å². The second-order valence-electron chi connectivity index (χ2n) is 9.49. The zero-order valence-electron chi connectivity index (χ0n) is 20.7. The Morgan fingerprint density at radius 1 is 1.11 bits per heavy atom. The van der Waals surface area contributed by atoms with Crippen LogP contribution < -0.4 is 35.7 Å². The number of carbonyl (C=O) groups excluding carboxylic acids is 2. The first-order chi connectivity index (χ1) is 17.9. The number of cyclic esters (lactones) is 1. The van der Waals surface area contributed by atoms with Crippen LogP contribution in [0.25, 0.3) is 0 Å². The first kappa shape index (κ1) is 25.0. The lowest BCUT2D eigenvalue weighted by atomic mass is 9.65. The quantitative estimate of drug-likeness (QED) is 0.378. The number of aromatic hydroxyl groups is 1. The molecule has 0 bridgehead atoms. The first-order valence-corrected chi connectivity index (χ1v) is 12.2. The van der Waals surface area contributed by atoms with Crippen LogP contribution in [0.15, 0.2) is 24.3 Å². The van der Waals surface area contributed by atoms with E-state index in [2.05, 4.69) is 5.32 Å². The molecule has 1 fully saturated rings. The molecular formula is C26H31N3O8. The van der Waals surface area contributed by atoms with Crippen molar-refractivity contribution in [2.45, 2.75) is 30.8 Å². The van der Waals surface area contributed by atoms with Crippen molar-refractivity contribution in [3.8, 4) is 28.7 Å². The zero-order valence-corrected chi connectivity index (χ0v) is 20.7. The van der Waals surface area contributed by atoms with Gasteiger partial charge in [-0.1, -0.05) is 0 Å². The Morgan fingerprint density at radius 2 is 1.76 bits per heavy atom. The van der Waals surface area contributed by atoms with Crippen LogP contribution >= 0.6 is 0 Å². The standard InChI is InChI=1S/C26H31N3O8/c1-33-19-5-12(6-20(34-2)25(19)31)22-14-7-17-18(37-11-36-17)8-15(14)24(16-10-35-26(32)23(16)22)29-21(30)4-3-13(28)9-27/h5-8,13,16,22-24,31H,3-4,9-11,27-28H2,1-2H3,(H,29,30)/t13-,16-,22+,23-,24-/m0/s1. The van der Waals surface area contributed by atoms with Crippen LogP contribution in [0.5, 0.6) is 28.7 Å². The van der Waals surface area contributed by atoms with Crippen LogP contribution in [0.2, 0.25) is 0 Å². The highest BCUT2D eigenvalue weighted by atomic mass is 16.7. The molecule has 0 unspecified atom stereocenters. The third-order valence-corrected chi connectivity index (χ3v) is 7.41. The SMILES string of the molecule is COc1cc([C@@H]2c3cc4c(cc3[C@H](NC(=O)CC[C@H](N)CN)[C@H]3COC(=O)[C@H]23)OCO4)cc(OC)c1O. The van der Waals surface area contributed by atoms with Gasteiger partial charge in [0, 0.05) is 30.8 Å². The van der Waals surface area contributed by atoms with E-state index in [-0.39, 0.29) is 67.5 Å². The maximum absolute atomic E-state index is 13.2. The molecule has 3 aliphatic rings. The summed E-state index contributed by atoms with van der Waals surface area (Å²) < 4.78 is 27.6. The van der Waals surface area contributed by atoms with Crippen LogP contribution in [0.4, 0.5) is 0 Å². The molecule has 2 aliphatic heterocycles. The normalized spacial score (nSPS) is 24.1. The molecule has 2 aromatic rings. The van der Waals surface area contributed by atoms with Gasteiger partial charge in [0.15, 0.2) is 23.0 Å². The molecule has 37 heavy (non-hydrogen) atoms. The highest BCUT2D eigenvalue weighted by Crippen LogP contribution is 2.55. The van der Waals surface area contributed by atoms with Gasteiger partial charge in [-0.2, -0.15) is 0 Å². The van der Waals surface area contributed by atoms with Crippen molar-refractivity contribution in [1.29, 1.82) is 0 Å². The van der Waals surface area contributed by atoms with Crippen molar-refractivity contribution in [2.24, 2.45) is 23.3 Å². The summed E-state index contributed by atoms with van der Waals surface area (Å²) in [5.41, 5.74) is 13.8. The zero-order chi connectivity index (χ0) is 26.3. The molecule has 1 aliphatic carbocycles. The Kier molecular flexibility index (Phi) is 6.74. The summed E-state index contributed by atoms with van der Waals surface area (Å²) >= 11 is 0. The number of phenols is 1. The molecule has 0 spiro atoms. The number of ether oxygens (including phenoxy) is 5. The van der Waals surface area contributed by atoms with E-state index in [1.807, 2.05) is 12.1 Å². The Hall–Kier alpha value is -3.70. The number of benzene rings is 2. The number of nitrogens with one attached hydrogen (secondary N) is 1. The van der Waals surface area contributed by atoms with Gasteiger partial charge in [-0.3, -0.25) is 9.59 Å². The number of phenolic OH excluding ortho intramolecular Hbond substituents is 1. The molecule has 1 amide bonds. The third-order valence-electron chi connectivity index (χ3n) is 7.41. The summed E-state index contributed by atoms with van der Waals surface area (Å²) in [7, 11) is 2.89. The number of amides is 1. The second-order valence-corrected chi connectivity index (χ2v) is 9.49. The molecule has 0 aromatic heterocycles. The van der Waals surface area contributed by atoms with Gasteiger partial charge in [0.2, 0.25) is 18.4 Å². The second kappa shape index (κ2) is 9.98. The molecule has 5 rings (SSSR count).